The molecule has 2 atom stereocenters. The molecule has 2 heterocycles. The number of phenolic OH excluding ortho intramolecular Hbond substituents is 1. The number of fused-ring (bicyclic) bond motifs is 3. The molecule has 138 valence electrons. The van der Waals surface area contributed by atoms with Crippen molar-refractivity contribution in [1.29, 1.82) is 0 Å². The molecule has 5 nitrogen and oxygen atoms in total. The predicted octanol–water partition coefficient (Wildman–Crippen LogP) is 4.97. The summed E-state index contributed by atoms with van der Waals surface area (Å²) in [4.78, 5) is 14.2. The van der Waals surface area contributed by atoms with Crippen molar-refractivity contribution >= 4 is 54.1 Å². The number of methoxy groups -OCH3 is 1. The van der Waals surface area contributed by atoms with Gasteiger partial charge in [0.05, 0.1) is 18.2 Å². The Morgan fingerprint density at radius 1 is 1.35 bits per heavy atom. The molecule has 0 spiro atoms. The molecular formula is C18H18Br2N2O3S. The van der Waals surface area contributed by atoms with Crippen molar-refractivity contribution < 1.29 is 14.6 Å². The van der Waals surface area contributed by atoms with Gasteiger partial charge in [-0.25, -0.2) is 0 Å². The summed E-state index contributed by atoms with van der Waals surface area (Å²) in [7, 11) is 1.50. The van der Waals surface area contributed by atoms with Gasteiger partial charge >= 0.3 is 0 Å². The maximum atomic E-state index is 12.9. The van der Waals surface area contributed by atoms with Crippen LogP contribution in [0.15, 0.2) is 15.0 Å². The van der Waals surface area contributed by atoms with E-state index in [4.69, 9.17) is 4.74 Å². The molecule has 1 aliphatic carbocycles. The number of benzene rings is 1. The zero-order valence-corrected chi connectivity index (χ0v) is 18.3. The first kappa shape index (κ1) is 18.1. The van der Waals surface area contributed by atoms with Crippen molar-refractivity contribution in [3.05, 3.63) is 36.6 Å². The summed E-state index contributed by atoms with van der Waals surface area (Å²) >= 11 is 8.62. The molecule has 0 bridgehead atoms. The highest BCUT2D eigenvalue weighted by molar-refractivity contribution is 9.13. The second-order valence-corrected chi connectivity index (χ2v) is 9.50. The third-order valence-corrected chi connectivity index (χ3v) is 8.19. The summed E-state index contributed by atoms with van der Waals surface area (Å²) in [5.41, 5.74) is 2.49. The second kappa shape index (κ2) is 6.73. The topological polar surface area (TPSA) is 70.6 Å². The number of anilines is 1. The van der Waals surface area contributed by atoms with E-state index in [2.05, 4.69) is 49.4 Å². The molecule has 0 radical (unpaired) electrons. The molecule has 0 saturated carbocycles. The number of nitrogens with one attached hydrogen (secondary N) is 2. The molecule has 8 heteroatoms. The SMILES string of the molecule is COc1cc(Br)c(Br)c(C2NC(=O)c3c(sc4c3CCC(C)C4)N2)c1O. The van der Waals surface area contributed by atoms with Crippen LogP contribution in [0.4, 0.5) is 5.00 Å². The minimum Gasteiger partial charge on any atom is -0.504 e. The Labute approximate surface area is 172 Å². The Kier molecular flexibility index (Phi) is 4.69. The first-order valence-corrected chi connectivity index (χ1v) is 10.8. The lowest BCUT2D eigenvalue weighted by Gasteiger charge is -2.28. The van der Waals surface area contributed by atoms with E-state index in [1.807, 2.05) is 0 Å². The summed E-state index contributed by atoms with van der Waals surface area (Å²) in [5.74, 6) is 0.894. The third kappa shape index (κ3) is 2.82. The largest absolute Gasteiger partial charge is 0.504 e. The molecular weight excluding hydrogens is 484 g/mol. The number of phenols is 1. The smallest absolute Gasteiger partial charge is 0.256 e. The fourth-order valence-electron chi connectivity index (χ4n) is 3.64. The first-order valence-electron chi connectivity index (χ1n) is 8.37. The minimum atomic E-state index is -0.548. The lowest BCUT2D eigenvalue weighted by molar-refractivity contribution is 0.0934. The monoisotopic (exact) mass is 500 g/mol. The van der Waals surface area contributed by atoms with Gasteiger partial charge in [0.15, 0.2) is 11.5 Å². The first-order chi connectivity index (χ1) is 12.4. The van der Waals surface area contributed by atoms with Gasteiger partial charge in [0.25, 0.3) is 5.91 Å². The number of thiophene rings is 1. The van der Waals surface area contributed by atoms with Crippen molar-refractivity contribution in [2.24, 2.45) is 5.92 Å². The summed E-state index contributed by atoms with van der Waals surface area (Å²) < 4.78 is 6.66. The number of hydrogen-bond acceptors (Lipinski definition) is 5. The van der Waals surface area contributed by atoms with E-state index >= 15 is 0 Å². The van der Waals surface area contributed by atoms with Crippen LogP contribution in [0.2, 0.25) is 0 Å². The Hall–Kier alpha value is -1.25. The molecule has 0 fully saturated rings. The third-order valence-electron chi connectivity index (χ3n) is 4.99. The lowest BCUT2D eigenvalue weighted by Crippen LogP contribution is -2.38. The highest BCUT2D eigenvalue weighted by atomic mass is 79.9. The molecule has 2 aromatic rings. The van der Waals surface area contributed by atoms with Crippen molar-refractivity contribution in [3.63, 3.8) is 0 Å². The van der Waals surface area contributed by atoms with Crippen LogP contribution in [0.5, 0.6) is 11.5 Å². The zero-order valence-electron chi connectivity index (χ0n) is 14.3. The van der Waals surface area contributed by atoms with Gasteiger partial charge in [-0.3, -0.25) is 4.79 Å². The zero-order chi connectivity index (χ0) is 18.6. The summed E-state index contributed by atoms with van der Waals surface area (Å²) in [6.07, 6.45) is 2.53. The van der Waals surface area contributed by atoms with E-state index in [-0.39, 0.29) is 11.7 Å². The summed E-state index contributed by atoms with van der Waals surface area (Å²) in [6.45, 7) is 2.25. The van der Waals surface area contributed by atoms with E-state index in [0.29, 0.717) is 21.7 Å². The second-order valence-electron chi connectivity index (χ2n) is 6.74. The van der Waals surface area contributed by atoms with Crippen LogP contribution >= 0.6 is 43.2 Å². The number of amides is 1. The van der Waals surface area contributed by atoms with Crippen LogP contribution in [0, 0.1) is 5.92 Å². The number of carbonyl (C=O) groups is 1. The molecule has 2 aliphatic rings. The lowest BCUT2D eigenvalue weighted by atomic mass is 9.88. The predicted molar refractivity (Wildman–Crippen MR) is 109 cm³/mol. The van der Waals surface area contributed by atoms with Gasteiger partial charge in [0.2, 0.25) is 0 Å². The molecule has 26 heavy (non-hydrogen) atoms. The summed E-state index contributed by atoms with van der Waals surface area (Å²) in [5, 5.41) is 17.9. The molecule has 3 N–H and O–H groups in total. The van der Waals surface area contributed by atoms with Gasteiger partial charge in [0, 0.05) is 13.8 Å². The highest BCUT2D eigenvalue weighted by Crippen LogP contribution is 2.47. The van der Waals surface area contributed by atoms with Crippen LogP contribution < -0.4 is 15.4 Å². The van der Waals surface area contributed by atoms with Crippen molar-refractivity contribution in [2.45, 2.75) is 32.4 Å². The van der Waals surface area contributed by atoms with E-state index in [1.54, 1.807) is 17.4 Å². The van der Waals surface area contributed by atoms with Crippen molar-refractivity contribution in [2.75, 3.05) is 12.4 Å². The van der Waals surface area contributed by atoms with Crippen LogP contribution in [-0.4, -0.2) is 18.1 Å². The molecule has 1 aromatic heterocycles. The molecule has 1 aliphatic heterocycles. The van der Waals surface area contributed by atoms with E-state index in [9.17, 15) is 9.90 Å². The van der Waals surface area contributed by atoms with Crippen molar-refractivity contribution in [3.8, 4) is 11.5 Å². The molecule has 1 aromatic carbocycles. The number of carbonyl (C=O) groups excluding carboxylic acids is 1. The molecule has 4 rings (SSSR count). The van der Waals surface area contributed by atoms with Gasteiger partial charge in [-0.15, -0.1) is 11.3 Å². The average molecular weight is 502 g/mol. The van der Waals surface area contributed by atoms with Gasteiger partial charge < -0.3 is 20.5 Å². The number of aromatic hydroxyl groups is 1. The Balaban J connectivity index is 1.77. The maximum absolute atomic E-state index is 12.9. The quantitative estimate of drug-likeness (QED) is 0.543. The van der Waals surface area contributed by atoms with E-state index in [0.717, 1.165) is 34.3 Å². The van der Waals surface area contributed by atoms with Gasteiger partial charge in [-0.05, 0) is 68.7 Å². The summed E-state index contributed by atoms with van der Waals surface area (Å²) in [6, 6.07) is 1.68. The molecule has 2 unspecified atom stereocenters. The average Bonchev–Trinajstić information content (AvgIpc) is 2.96. The van der Waals surface area contributed by atoms with Gasteiger partial charge in [-0.1, -0.05) is 6.92 Å². The normalized spacial score (nSPS) is 21.5. The van der Waals surface area contributed by atoms with Crippen LogP contribution in [0.3, 0.4) is 0 Å². The Bertz CT molecular complexity index is 913. The number of rotatable bonds is 2. The Morgan fingerprint density at radius 3 is 2.85 bits per heavy atom. The fourth-order valence-corrected chi connectivity index (χ4v) is 6.03. The van der Waals surface area contributed by atoms with Crippen molar-refractivity contribution in [1.82, 2.24) is 5.32 Å². The molecule has 1 amide bonds. The standard InChI is InChI=1S/C18H18Br2N2O3S/c1-7-3-4-8-11(5-7)26-18-12(8)17(24)21-16(22-18)13-14(20)9(19)6-10(25-2)15(13)23/h6-7,16,22-23H,3-5H2,1-2H3,(H,21,24). The highest BCUT2D eigenvalue weighted by Gasteiger charge is 2.35. The van der Waals surface area contributed by atoms with Crippen LogP contribution in [0.25, 0.3) is 0 Å². The van der Waals surface area contributed by atoms with Crippen LogP contribution in [-0.2, 0) is 12.8 Å². The Morgan fingerprint density at radius 2 is 2.12 bits per heavy atom. The van der Waals surface area contributed by atoms with Gasteiger partial charge in [-0.2, -0.15) is 0 Å². The molecule has 0 saturated heterocycles. The number of ether oxygens (including phenoxy) is 1. The number of halogens is 2. The van der Waals surface area contributed by atoms with E-state index < -0.39 is 6.17 Å². The maximum Gasteiger partial charge on any atom is 0.256 e. The van der Waals surface area contributed by atoms with Gasteiger partial charge in [0.1, 0.15) is 11.2 Å². The van der Waals surface area contributed by atoms with Crippen LogP contribution in [0.1, 0.15) is 45.9 Å². The van der Waals surface area contributed by atoms with E-state index in [1.165, 1.54) is 17.6 Å². The number of hydrogen-bond donors (Lipinski definition) is 3. The minimum absolute atomic E-state index is 0.00114. The fraction of sp³-hybridized carbons (Fsp3) is 0.389.